The molecular weight excluding hydrogens is 160 g/mol. The summed E-state index contributed by atoms with van der Waals surface area (Å²) in [5.41, 5.74) is 1.83. The standard InChI is InChI=1S/C11H8N2/c1-2-4-10-8(3-1)9-7-12-6-5-11(9)13-10/h1-7,13H/i/hD. The molecule has 62 valence electrons. The summed E-state index contributed by atoms with van der Waals surface area (Å²) in [7, 11) is 0. The molecule has 13 heavy (non-hydrogen) atoms. The highest BCUT2D eigenvalue weighted by Crippen LogP contribution is 2.23. The number of benzene rings is 1. The molecule has 0 unspecified atom stereocenters. The van der Waals surface area contributed by atoms with Crippen molar-refractivity contribution in [3.05, 3.63) is 42.7 Å². The van der Waals surface area contributed by atoms with Gasteiger partial charge in [-0.25, -0.2) is 0 Å². The van der Waals surface area contributed by atoms with Gasteiger partial charge in [0.05, 0.1) is 0 Å². The van der Waals surface area contributed by atoms with Crippen LogP contribution < -0.4 is 0 Å². The van der Waals surface area contributed by atoms with Crippen LogP contribution in [0.3, 0.4) is 0 Å². The number of hydrogen-bond acceptors (Lipinski definition) is 1. The van der Waals surface area contributed by atoms with Gasteiger partial charge in [0.15, 0.2) is 1.41 Å². The Kier molecular flexibility index (Phi) is 1.03. The van der Waals surface area contributed by atoms with Crippen LogP contribution in [0, 0.1) is 0 Å². The molecular formula is C11H8N2. The van der Waals surface area contributed by atoms with Crippen LogP contribution in [0.15, 0.2) is 42.7 Å². The maximum absolute atomic E-state index is 7.90. The molecule has 0 bridgehead atoms. The first-order valence-electron chi connectivity index (χ1n) is 4.65. The van der Waals surface area contributed by atoms with Crippen LogP contribution in [-0.2, 0) is 0 Å². The van der Waals surface area contributed by atoms with E-state index in [1.165, 1.54) is 4.98 Å². The van der Waals surface area contributed by atoms with E-state index in [4.69, 9.17) is 1.41 Å². The molecule has 0 aliphatic rings. The molecule has 0 fully saturated rings. The molecule has 0 radical (unpaired) electrons. The van der Waals surface area contributed by atoms with Crippen LogP contribution >= 0.6 is 0 Å². The molecule has 3 aromatic rings. The lowest BCUT2D eigenvalue weighted by molar-refractivity contribution is 1.36. The summed E-state index contributed by atoms with van der Waals surface area (Å²) in [5, 5.41) is 2.13. The van der Waals surface area contributed by atoms with Gasteiger partial charge in [0.2, 0.25) is 0 Å². The average molecular weight is 169 g/mol. The fourth-order valence-corrected chi connectivity index (χ4v) is 1.62. The maximum atomic E-state index is 7.90. The molecule has 2 aromatic heterocycles. The summed E-state index contributed by atoms with van der Waals surface area (Å²) in [5.74, 6) is 0. The first-order valence-corrected chi connectivity index (χ1v) is 4.20. The smallest absolute Gasteiger partial charge is 0.167 e. The van der Waals surface area contributed by atoms with Crippen LogP contribution in [0.4, 0.5) is 0 Å². The van der Waals surface area contributed by atoms with Gasteiger partial charge in [-0.15, -0.1) is 0 Å². The van der Waals surface area contributed by atoms with Gasteiger partial charge in [0.1, 0.15) is 0 Å². The fourth-order valence-electron chi connectivity index (χ4n) is 1.62. The van der Waals surface area contributed by atoms with E-state index in [1.54, 1.807) is 6.20 Å². The van der Waals surface area contributed by atoms with E-state index in [0.29, 0.717) is 0 Å². The fraction of sp³-hybridized carbons (Fsp3) is 0. The van der Waals surface area contributed by atoms with Crippen LogP contribution in [0.25, 0.3) is 21.8 Å². The summed E-state index contributed by atoms with van der Waals surface area (Å²) < 4.78 is 7.90. The number of hydrogen-bond donors (Lipinski definition) is 1. The molecule has 0 atom stereocenters. The minimum absolute atomic E-state index is 0.904. The van der Waals surface area contributed by atoms with Gasteiger partial charge in [-0.3, -0.25) is 4.98 Å². The summed E-state index contributed by atoms with van der Waals surface area (Å²) in [6.07, 6.45) is 3.52. The van der Waals surface area contributed by atoms with E-state index in [9.17, 15) is 0 Å². The third-order valence-electron chi connectivity index (χ3n) is 2.23. The van der Waals surface area contributed by atoms with Crippen molar-refractivity contribution in [2.75, 3.05) is 0 Å². The molecule has 0 spiro atoms. The summed E-state index contributed by atoms with van der Waals surface area (Å²) in [6.45, 7) is 0. The Bertz CT molecular complexity index is 560. The third-order valence-corrected chi connectivity index (χ3v) is 2.23. The predicted octanol–water partition coefficient (Wildman–Crippen LogP) is 2.72. The number of nitrogens with one attached hydrogen (secondary N) is 1. The second kappa shape index (κ2) is 2.33. The van der Waals surface area contributed by atoms with Gasteiger partial charge in [0, 0.05) is 34.2 Å². The van der Waals surface area contributed by atoms with Gasteiger partial charge in [-0.05, 0) is 12.1 Å². The molecule has 2 heterocycles. The zero-order valence-corrected chi connectivity index (χ0v) is 6.94. The number of H-pyrrole nitrogens is 1. The van der Waals surface area contributed by atoms with Crippen LogP contribution in [-0.4, -0.2) is 9.96 Å². The van der Waals surface area contributed by atoms with Crippen molar-refractivity contribution < 1.29 is 1.41 Å². The van der Waals surface area contributed by atoms with E-state index in [2.05, 4.69) is 4.98 Å². The van der Waals surface area contributed by atoms with E-state index < -0.39 is 0 Å². The highest BCUT2D eigenvalue weighted by Gasteiger charge is 2.00. The van der Waals surface area contributed by atoms with Gasteiger partial charge >= 0.3 is 0 Å². The van der Waals surface area contributed by atoms with Crippen molar-refractivity contribution in [2.45, 2.75) is 0 Å². The molecule has 0 aliphatic heterocycles. The normalized spacial score (nSPS) is 12.2. The molecule has 0 amide bonds. The second-order valence-electron chi connectivity index (χ2n) is 3.02. The number of rotatable bonds is 0. The first kappa shape index (κ1) is 5.75. The molecule has 0 saturated heterocycles. The number of nitrogens with zero attached hydrogens (tertiary/aromatic N) is 1. The van der Waals surface area contributed by atoms with Crippen LogP contribution in [0.2, 0.25) is 1.41 Å². The maximum Gasteiger partial charge on any atom is 0.167 e. The van der Waals surface area contributed by atoms with Gasteiger partial charge in [-0.1, -0.05) is 18.2 Å². The Hall–Kier alpha value is -1.83. The summed E-state index contributed by atoms with van der Waals surface area (Å²) in [6, 6.07) is 9.75. The Labute approximate surface area is 76.7 Å². The number of aromatic amines is 1. The van der Waals surface area contributed by atoms with Crippen molar-refractivity contribution >= 4 is 21.8 Å². The highest BCUT2D eigenvalue weighted by atomic mass is 14.7. The lowest BCUT2D eigenvalue weighted by Gasteiger charge is -1.87. The SMILES string of the molecule is [2H]n1c2ccccc2c2cnccc21. The van der Waals surface area contributed by atoms with Crippen LogP contribution in [0.1, 0.15) is 0 Å². The quantitative estimate of drug-likeness (QED) is 0.550. The van der Waals surface area contributed by atoms with Crippen molar-refractivity contribution in [1.82, 2.24) is 9.96 Å². The molecule has 0 saturated carbocycles. The minimum Gasteiger partial charge on any atom is -0.354 e. The summed E-state index contributed by atoms with van der Waals surface area (Å²) in [4.78, 5) is 5.53. The van der Waals surface area contributed by atoms with Gasteiger partial charge in [0.25, 0.3) is 0 Å². The van der Waals surface area contributed by atoms with Crippen molar-refractivity contribution in [1.29, 1.82) is 0 Å². The Balaban J connectivity index is 2.69. The molecule has 2 nitrogen and oxygen atoms in total. The monoisotopic (exact) mass is 169 g/mol. The number of fused-ring (bicyclic) bond motifs is 3. The van der Waals surface area contributed by atoms with Crippen molar-refractivity contribution in [2.24, 2.45) is 0 Å². The lowest BCUT2D eigenvalue weighted by atomic mass is 10.2. The van der Waals surface area contributed by atoms with E-state index in [1.807, 2.05) is 36.5 Å². The average Bonchev–Trinajstić information content (AvgIpc) is 2.55. The molecule has 1 aromatic carbocycles. The molecule has 1 N–H and O–H groups in total. The largest absolute Gasteiger partial charge is 0.354 e. The predicted molar refractivity (Wildman–Crippen MR) is 53.6 cm³/mol. The minimum atomic E-state index is 0.904. The van der Waals surface area contributed by atoms with Crippen molar-refractivity contribution in [3.8, 4) is 0 Å². The zero-order valence-electron chi connectivity index (χ0n) is 7.94. The Morgan fingerprint density at radius 1 is 1.08 bits per heavy atom. The number of aromatic nitrogens is 2. The Morgan fingerprint density at radius 2 is 1.92 bits per heavy atom. The number of pyridine rings is 1. The summed E-state index contributed by atoms with van der Waals surface area (Å²) >= 11 is 0. The van der Waals surface area contributed by atoms with E-state index in [0.717, 1.165) is 21.8 Å². The van der Waals surface area contributed by atoms with Gasteiger partial charge < -0.3 is 4.98 Å². The third kappa shape index (κ3) is 0.855. The highest BCUT2D eigenvalue weighted by molar-refractivity contribution is 6.06. The molecule has 3 rings (SSSR count). The lowest BCUT2D eigenvalue weighted by Crippen LogP contribution is -1.68. The van der Waals surface area contributed by atoms with E-state index >= 15 is 0 Å². The van der Waals surface area contributed by atoms with E-state index in [-0.39, 0.29) is 0 Å². The topological polar surface area (TPSA) is 28.7 Å². The Morgan fingerprint density at radius 3 is 2.92 bits per heavy atom. The van der Waals surface area contributed by atoms with Crippen molar-refractivity contribution in [3.63, 3.8) is 0 Å². The van der Waals surface area contributed by atoms with Gasteiger partial charge in [-0.2, -0.15) is 0 Å². The number of para-hydroxylation sites is 1. The first-order chi connectivity index (χ1) is 6.88. The molecule has 0 aliphatic carbocycles. The van der Waals surface area contributed by atoms with Crippen LogP contribution in [0.5, 0.6) is 0 Å². The second-order valence-corrected chi connectivity index (χ2v) is 3.02. The molecule has 2 heteroatoms. The zero-order chi connectivity index (χ0) is 9.54.